The zero-order valence-electron chi connectivity index (χ0n) is 13.1. The molecule has 0 aliphatic carbocycles. The molecule has 0 aliphatic rings. The van der Waals surface area contributed by atoms with Crippen molar-refractivity contribution in [3.05, 3.63) is 35.1 Å². The van der Waals surface area contributed by atoms with Crippen LogP contribution in [0.4, 0.5) is 5.69 Å². The molecule has 0 fully saturated rings. The number of hydrogen-bond acceptors (Lipinski definition) is 5. The lowest BCUT2D eigenvalue weighted by Gasteiger charge is -2.12. The summed E-state index contributed by atoms with van der Waals surface area (Å²) in [5.74, 6) is 6.55. The summed E-state index contributed by atoms with van der Waals surface area (Å²) in [7, 11) is 0. The Kier molecular flexibility index (Phi) is 6.29. The number of nitrogens with two attached hydrogens (primary N) is 1. The summed E-state index contributed by atoms with van der Waals surface area (Å²) >= 11 is 7.31. The molecule has 0 aliphatic heterocycles. The second-order valence-electron chi connectivity index (χ2n) is 5.10. The monoisotopic (exact) mass is 353 g/mol. The SMILES string of the molecule is CCCCc1nnc(S[C@@H](C)C(=O)Nc2ccccc2Cl)n1N. The molecule has 2 aromatic rings. The highest BCUT2D eigenvalue weighted by Crippen LogP contribution is 2.25. The number of nitrogens with zero attached hydrogens (tertiary/aromatic N) is 3. The standard InChI is InChI=1S/C15H20ClN5OS/c1-3-4-9-13-19-20-15(21(13)17)23-10(2)14(22)18-12-8-6-5-7-11(12)16/h5-8,10H,3-4,9,17H2,1-2H3,(H,18,22)/t10-/m0/s1. The van der Waals surface area contributed by atoms with Gasteiger partial charge in [-0.2, -0.15) is 0 Å². The molecule has 1 atom stereocenters. The van der Waals surface area contributed by atoms with Gasteiger partial charge in [0.25, 0.3) is 0 Å². The first-order chi connectivity index (χ1) is 11.0. The quantitative estimate of drug-likeness (QED) is 0.590. The fourth-order valence-corrected chi connectivity index (χ4v) is 2.87. The molecule has 124 valence electrons. The van der Waals surface area contributed by atoms with Crippen molar-refractivity contribution >= 4 is 35.0 Å². The van der Waals surface area contributed by atoms with Crippen molar-refractivity contribution < 1.29 is 4.79 Å². The Bertz CT molecular complexity index is 676. The second-order valence-corrected chi connectivity index (χ2v) is 6.82. The first-order valence-electron chi connectivity index (χ1n) is 7.44. The van der Waals surface area contributed by atoms with Gasteiger partial charge in [0.05, 0.1) is 16.0 Å². The van der Waals surface area contributed by atoms with Crippen LogP contribution >= 0.6 is 23.4 Å². The maximum Gasteiger partial charge on any atom is 0.237 e. The first kappa shape index (κ1) is 17.6. The number of anilines is 1. The van der Waals surface area contributed by atoms with E-state index >= 15 is 0 Å². The van der Waals surface area contributed by atoms with E-state index < -0.39 is 0 Å². The molecule has 0 bridgehead atoms. The van der Waals surface area contributed by atoms with Crippen molar-refractivity contribution in [2.24, 2.45) is 0 Å². The van der Waals surface area contributed by atoms with Crippen LogP contribution in [0.5, 0.6) is 0 Å². The van der Waals surface area contributed by atoms with Crippen LogP contribution in [0.2, 0.25) is 5.02 Å². The number of rotatable bonds is 7. The minimum Gasteiger partial charge on any atom is -0.336 e. The van der Waals surface area contributed by atoms with Crippen molar-refractivity contribution in [3.63, 3.8) is 0 Å². The van der Waals surface area contributed by atoms with Crippen molar-refractivity contribution in [3.8, 4) is 0 Å². The number of carbonyl (C=O) groups is 1. The number of aryl methyl sites for hydroxylation is 1. The number of hydrogen-bond donors (Lipinski definition) is 2. The Hall–Kier alpha value is -1.73. The van der Waals surface area contributed by atoms with Gasteiger partial charge in [0.2, 0.25) is 11.1 Å². The van der Waals surface area contributed by atoms with E-state index in [4.69, 9.17) is 17.4 Å². The Balaban J connectivity index is 1.98. The number of aromatic nitrogens is 3. The molecule has 0 radical (unpaired) electrons. The lowest BCUT2D eigenvalue weighted by molar-refractivity contribution is -0.115. The summed E-state index contributed by atoms with van der Waals surface area (Å²) < 4.78 is 1.46. The molecule has 0 saturated heterocycles. The van der Waals surface area contributed by atoms with Gasteiger partial charge in [-0.25, -0.2) is 4.68 Å². The van der Waals surface area contributed by atoms with Gasteiger partial charge in [0.1, 0.15) is 0 Å². The van der Waals surface area contributed by atoms with E-state index in [2.05, 4.69) is 22.4 Å². The van der Waals surface area contributed by atoms with E-state index in [-0.39, 0.29) is 11.2 Å². The van der Waals surface area contributed by atoms with Crippen molar-refractivity contribution in [2.75, 3.05) is 11.2 Å². The molecule has 0 unspecified atom stereocenters. The molecular formula is C15H20ClN5OS. The van der Waals surface area contributed by atoms with Crippen LogP contribution in [0, 0.1) is 0 Å². The third-order valence-electron chi connectivity index (χ3n) is 3.27. The molecule has 23 heavy (non-hydrogen) atoms. The molecule has 1 amide bonds. The average molecular weight is 354 g/mol. The smallest absolute Gasteiger partial charge is 0.237 e. The Morgan fingerprint density at radius 2 is 2.17 bits per heavy atom. The van der Waals surface area contributed by atoms with Crippen molar-refractivity contribution in [2.45, 2.75) is 43.5 Å². The molecule has 2 rings (SSSR count). The van der Waals surface area contributed by atoms with Crippen molar-refractivity contribution in [1.29, 1.82) is 0 Å². The van der Waals surface area contributed by atoms with Crippen LogP contribution in [-0.2, 0) is 11.2 Å². The third kappa shape index (κ3) is 4.62. The number of unbranched alkanes of at least 4 members (excludes halogenated alkanes) is 1. The van der Waals surface area contributed by atoms with E-state index in [0.29, 0.717) is 15.9 Å². The molecular weight excluding hydrogens is 334 g/mol. The number of nitrogens with one attached hydrogen (secondary N) is 1. The fourth-order valence-electron chi connectivity index (χ4n) is 1.90. The topological polar surface area (TPSA) is 85.8 Å². The molecule has 1 aromatic carbocycles. The van der Waals surface area contributed by atoms with E-state index in [1.165, 1.54) is 16.4 Å². The van der Waals surface area contributed by atoms with Gasteiger partial charge in [0.15, 0.2) is 5.82 Å². The van der Waals surface area contributed by atoms with Crippen LogP contribution in [-0.4, -0.2) is 26.0 Å². The number of amides is 1. The number of halogens is 1. The predicted molar refractivity (Wildman–Crippen MR) is 94.2 cm³/mol. The van der Waals surface area contributed by atoms with Gasteiger partial charge in [-0.15, -0.1) is 10.2 Å². The number of nitrogen functional groups attached to an aromatic ring is 1. The van der Waals surface area contributed by atoms with E-state index in [1.54, 1.807) is 19.1 Å². The molecule has 8 heteroatoms. The highest BCUT2D eigenvalue weighted by Gasteiger charge is 2.19. The third-order valence-corrected chi connectivity index (χ3v) is 4.66. The Morgan fingerprint density at radius 3 is 2.87 bits per heavy atom. The molecule has 1 aromatic heterocycles. The molecule has 3 N–H and O–H groups in total. The molecule has 0 spiro atoms. The van der Waals surface area contributed by atoms with Gasteiger partial charge < -0.3 is 11.2 Å². The normalized spacial score (nSPS) is 12.1. The summed E-state index contributed by atoms with van der Waals surface area (Å²) in [5.41, 5.74) is 0.587. The average Bonchev–Trinajstić information content (AvgIpc) is 2.88. The number of benzene rings is 1. The van der Waals surface area contributed by atoms with Crippen LogP contribution in [0.15, 0.2) is 29.4 Å². The van der Waals surface area contributed by atoms with Crippen molar-refractivity contribution in [1.82, 2.24) is 14.9 Å². The minimum absolute atomic E-state index is 0.166. The predicted octanol–water partition coefficient (Wildman–Crippen LogP) is 3.11. The Morgan fingerprint density at radius 1 is 1.43 bits per heavy atom. The van der Waals surface area contributed by atoms with Crippen LogP contribution in [0.3, 0.4) is 0 Å². The first-order valence-corrected chi connectivity index (χ1v) is 8.70. The second kappa shape index (κ2) is 8.21. The number of carbonyl (C=O) groups excluding carboxylic acids is 1. The van der Waals surface area contributed by atoms with E-state index in [0.717, 1.165) is 25.1 Å². The summed E-state index contributed by atoms with van der Waals surface area (Å²) in [6, 6.07) is 7.11. The maximum absolute atomic E-state index is 12.3. The summed E-state index contributed by atoms with van der Waals surface area (Å²) in [6.45, 7) is 3.89. The lowest BCUT2D eigenvalue weighted by Crippen LogP contribution is -2.24. The Labute approximate surface area is 144 Å². The highest BCUT2D eigenvalue weighted by atomic mass is 35.5. The van der Waals surface area contributed by atoms with Crippen LogP contribution in [0.1, 0.15) is 32.5 Å². The molecule has 0 saturated carbocycles. The summed E-state index contributed by atoms with van der Waals surface area (Å²) in [6.07, 6.45) is 2.84. The largest absolute Gasteiger partial charge is 0.336 e. The molecule has 6 nitrogen and oxygen atoms in total. The zero-order chi connectivity index (χ0) is 16.8. The highest BCUT2D eigenvalue weighted by molar-refractivity contribution is 8.00. The van der Waals surface area contributed by atoms with Gasteiger partial charge in [-0.1, -0.05) is 48.8 Å². The number of para-hydroxylation sites is 1. The van der Waals surface area contributed by atoms with E-state index in [9.17, 15) is 4.79 Å². The molecule has 1 heterocycles. The van der Waals surface area contributed by atoms with Crippen LogP contribution in [0.25, 0.3) is 0 Å². The summed E-state index contributed by atoms with van der Waals surface area (Å²) in [4.78, 5) is 12.3. The lowest BCUT2D eigenvalue weighted by atomic mass is 10.2. The van der Waals surface area contributed by atoms with Gasteiger partial charge in [-0.05, 0) is 25.5 Å². The van der Waals surface area contributed by atoms with Gasteiger partial charge in [0, 0.05) is 6.42 Å². The minimum atomic E-state index is -0.378. The van der Waals surface area contributed by atoms with Gasteiger partial charge >= 0.3 is 0 Å². The fraction of sp³-hybridized carbons (Fsp3) is 0.400. The van der Waals surface area contributed by atoms with Crippen LogP contribution < -0.4 is 11.2 Å². The number of thioether (sulfide) groups is 1. The van der Waals surface area contributed by atoms with Gasteiger partial charge in [-0.3, -0.25) is 4.79 Å². The maximum atomic E-state index is 12.3. The zero-order valence-corrected chi connectivity index (χ0v) is 14.7. The van der Waals surface area contributed by atoms with E-state index in [1.807, 2.05) is 12.1 Å². The summed E-state index contributed by atoms with van der Waals surface area (Å²) in [5, 5.41) is 11.6.